The molecule has 0 saturated heterocycles. The minimum Gasteiger partial charge on any atom is -0.481 e. The minimum atomic E-state index is -0.773. The number of carbonyl (C=O) groups excluding carboxylic acids is 1. The molecule has 0 aliphatic heterocycles. The Bertz CT molecular complexity index is 261. The predicted octanol–water partition coefficient (Wildman–Crippen LogP) is 1.79. The summed E-state index contributed by atoms with van der Waals surface area (Å²) in [6.07, 6.45) is 3.87. The third-order valence-electron chi connectivity index (χ3n) is 3.16. The molecule has 2 unspecified atom stereocenters. The Labute approximate surface area is 96.4 Å². The second-order valence-electron chi connectivity index (χ2n) is 4.82. The van der Waals surface area contributed by atoms with Crippen molar-refractivity contribution >= 4 is 11.9 Å². The number of aliphatic carboxylic acids is 1. The molecule has 1 amide bonds. The lowest BCUT2D eigenvalue weighted by atomic mass is 10.0. The standard InChI is InChI=1S/C12H21NO3/c1-8(4-3-5-11(14)15)13-12(16)9(2)10-6-7-10/h8-10H,3-7H2,1-2H3,(H,13,16)(H,14,15). The maximum absolute atomic E-state index is 11.7. The molecule has 0 bridgehead atoms. The van der Waals surface area contributed by atoms with Gasteiger partial charge in [-0.1, -0.05) is 6.92 Å². The van der Waals surface area contributed by atoms with Gasteiger partial charge in [0.2, 0.25) is 5.91 Å². The molecule has 2 atom stereocenters. The number of carboxylic acid groups (broad SMARTS) is 1. The van der Waals surface area contributed by atoms with Crippen molar-refractivity contribution in [3.05, 3.63) is 0 Å². The third-order valence-corrected chi connectivity index (χ3v) is 3.16. The zero-order valence-corrected chi connectivity index (χ0v) is 10.0. The van der Waals surface area contributed by atoms with Crippen LogP contribution in [0.25, 0.3) is 0 Å². The molecule has 1 saturated carbocycles. The molecular formula is C12H21NO3. The molecule has 0 heterocycles. The van der Waals surface area contributed by atoms with Gasteiger partial charge in [-0.15, -0.1) is 0 Å². The second-order valence-corrected chi connectivity index (χ2v) is 4.82. The highest BCUT2D eigenvalue weighted by Crippen LogP contribution is 2.36. The lowest BCUT2D eigenvalue weighted by Crippen LogP contribution is -2.37. The predicted molar refractivity (Wildman–Crippen MR) is 61.0 cm³/mol. The number of hydrogen-bond acceptors (Lipinski definition) is 2. The first-order valence-corrected chi connectivity index (χ1v) is 6.03. The van der Waals surface area contributed by atoms with E-state index < -0.39 is 5.97 Å². The maximum atomic E-state index is 11.7. The van der Waals surface area contributed by atoms with E-state index in [1.165, 1.54) is 12.8 Å². The van der Waals surface area contributed by atoms with Crippen molar-refractivity contribution in [1.82, 2.24) is 5.32 Å². The molecule has 0 spiro atoms. The number of rotatable bonds is 7. The highest BCUT2D eigenvalue weighted by Gasteiger charge is 2.32. The summed E-state index contributed by atoms with van der Waals surface area (Å²) in [5, 5.41) is 11.4. The van der Waals surface area contributed by atoms with E-state index in [9.17, 15) is 9.59 Å². The van der Waals surface area contributed by atoms with E-state index in [-0.39, 0.29) is 24.3 Å². The van der Waals surface area contributed by atoms with Crippen LogP contribution in [0.5, 0.6) is 0 Å². The molecule has 0 radical (unpaired) electrons. The second kappa shape index (κ2) is 5.87. The largest absolute Gasteiger partial charge is 0.481 e. The quantitative estimate of drug-likeness (QED) is 0.697. The van der Waals surface area contributed by atoms with Gasteiger partial charge in [0.15, 0.2) is 0 Å². The molecular weight excluding hydrogens is 206 g/mol. The molecule has 4 nitrogen and oxygen atoms in total. The van der Waals surface area contributed by atoms with Crippen molar-refractivity contribution in [2.45, 2.75) is 52.0 Å². The summed E-state index contributed by atoms with van der Waals surface area (Å²) in [7, 11) is 0. The van der Waals surface area contributed by atoms with Crippen LogP contribution in [0, 0.1) is 11.8 Å². The third kappa shape index (κ3) is 4.64. The summed E-state index contributed by atoms with van der Waals surface area (Å²) in [5.74, 6) is 0.0309. The molecule has 16 heavy (non-hydrogen) atoms. The van der Waals surface area contributed by atoms with Crippen molar-refractivity contribution in [2.24, 2.45) is 11.8 Å². The van der Waals surface area contributed by atoms with Crippen molar-refractivity contribution < 1.29 is 14.7 Å². The maximum Gasteiger partial charge on any atom is 0.303 e. The van der Waals surface area contributed by atoms with Gasteiger partial charge in [0.1, 0.15) is 0 Å². The van der Waals surface area contributed by atoms with E-state index >= 15 is 0 Å². The topological polar surface area (TPSA) is 66.4 Å². The lowest BCUT2D eigenvalue weighted by molar-refractivity contribution is -0.137. The Morgan fingerprint density at radius 3 is 2.50 bits per heavy atom. The first-order chi connectivity index (χ1) is 7.50. The zero-order valence-electron chi connectivity index (χ0n) is 10.0. The normalized spacial score (nSPS) is 18.9. The summed E-state index contributed by atoms with van der Waals surface area (Å²) in [6.45, 7) is 3.90. The Morgan fingerprint density at radius 1 is 1.38 bits per heavy atom. The summed E-state index contributed by atoms with van der Waals surface area (Å²) >= 11 is 0. The summed E-state index contributed by atoms with van der Waals surface area (Å²) in [4.78, 5) is 22.0. The van der Waals surface area contributed by atoms with Gasteiger partial charge in [-0.25, -0.2) is 0 Å². The van der Waals surface area contributed by atoms with Gasteiger partial charge < -0.3 is 10.4 Å². The van der Waals surface area contributed by atoms with Crippen LogP contribution < -0.4 is 5.32 Å². The van der Waals surface area contributed by atoms with E-state index in [0.29, 0.717) is 12.3 Å². The van der Waals surface area contributed by atoms with Crippen LogP contribution in [-0.4, -0.2) is 23.0 Å². The van der Waals surface area contributed by atoms with Crippen LogP contribution in [0.1, 0.15) is 46.0 Å². The fourth-order valence-electron chi connectivity index (χ4n) is 1.82. The minimum absolute atomic E-state index is 0.0769. The van der Waals surface area contributed by atoms with Crippen LogP contribution in [0.4, 0.5) is 0 Å². The molecule has 1 aliphatic carbocycles. The van der Waals surface area contributed by atoms with E-state index in [4.69, 9.17) is 5.11 Å². The van der Waals surface area contributed by atoms with Crippen molar-refractivity contribution in [2.75, 3.05) is 0 Å². The van der Waals surface area contributed by atoms with Crippen LogP contribution in [-0.2, 0) is 9.59 Å². The summed E-state index contributed by atoms with van der Waals surface area (Å²) < 4.78 is 0. The van der Waals surface area contributed by atoms with Crippen LogP contribution in [0.3, 0.4) is 0 Å². The first kappa shape index (κ1) is 13.0. The van der Waals surface area contributed by atoms with Gasteiger partial charge in [-0.05, 0) is 38.5 Å². The van der Waals surface area contributed by atoms with Gasteiger partial charge in [-0.3, -0.25) is 9.59 Å². The molecule has 1 rings (SSSR count). The molecule has 2 N–H and O–H groups in total. The fourth-order valence-corrected chi connectivity index (χ4v) is 1.82. The number of carbonyl (C=O) groups is 2. The number of nitrogens with one attached hydrogen (secondary N) is 1. The van der Waals surface area contributed by atoms with Gasteiger partial charge in [0.05, 0.1) is 0 Å². The summed E-state index contributed by atoms with van der Waals surface area (Å²) in [6, 6.07) is 0.0769. The lowest BCUT2D eigenvalue weighted by Gasteiger charge is -2.16. The van der Waals surface area contributed by atoms with Crippen molar-refractivity contribution in [1.29, 1.82) is 0 Å². The smallest absolute Gasteiger partial charge is 0.303 e. The highest BCUT2D eigenvalue weighted by atomic mass is 16.4. The Balaban J connectivity index is 2.14. The average molecular weight is 227 g/mol. The van der Waals surface area contributed by atoms with Crippen molar-refractivity contribution in [3.63, 3.8) is 0 Å². The average Bonchev–Trinajstić information content (AvgIpc) is 2.98. The molecule has 92 valence electrons. The van der Waals surface area contributed by atoms with E-state index in [1.807, 2.05) is 13.8 Å². The fraction of sp³-hybridized carbons (Fsp3) is 0.833. The monoisotopic (exact) mass is 227 g/mol. The number of hydrogen-bond donors (Lipinski definition) is 2. The molecule has 1 aliphatic rings. The summed E-state index contributed by atoms with van der Waals surface area (Å²) in [5.41, 5.74) is 0. The van der Waals surface area contributed by atoms with Gasteiger partial charge in [0, 0.05) is 18.4 Å². The van der Waals surface area contributed by atoms with Crippen molar-refractivity contribution in [3.8, 4) is 0 Å². The highest BCUT2D eigenvalue weighted by molar-refractivity contribution is 5.79. The van der Waals surface area contributed by atoms with Crippen LogP contribution in [0.15, 0.2) is 0 Å². The molecule has 1 fully saturated rings. The van der Waals surface area contributed by atoms with Gasteiger partial charge in [0.25, 0.3) is 0 Å². The molecule has 0 aromatic carbocycles. The van der Waals surface area contributed by atoms with Gasteiger partial charge >= 0.3 is 5.97 Å². The first-order valence-electron chi connectivity index (χ1n) is 6.03. The molecule has 0 aromatic heterocycles. The Hall–Kier alpha value is -1.06. The zero-order chi connectivity index (χ0) is 12.1. The Morgan fingerprint density at radius 2 is 2.00 bits per heavy atom. The molecule has 4 heteroatoms. The molecule has 0 aromatic rings. The SMILES string of the molecule is CC(CCCC(=O)O)NC(=O)C(C)C1CC1. The van der Waals surface area contributed by atoms with E-state index in [2.05, 4.69) is 5.32 Å². The van der Waals surface area contributed by atoms with Crippen LogP contribution in [0.2, 0.25) is 0 Å². The number of amides is 1. The number of carboxylic acids is 1. The van der Waals surface area contributed by atoms with Crippen LogP contribution >= 0.6 is 0 Å². The van der Waals surface area contributed by atoms with Gasteiger partial charge in [-0.2, -0.15) is 0 Å². The van der Waals surface area contributed by atoms with E-state index in [1.54, 1.807) is 0 Å². The Kier molecular flexibility index (Phi) is 4.77. The van der Waals surface area contributed by atoms with E-state index in [0.717, 1.165) is 6.42 Å².